The van der Waals surface area contributed by atoms with Gasteiger partial charge >= 0.3 is 0 Å². The number of unbranched alkanes of at least 4 members (excludes halogenated alkanes) is 1. The molecule has 0 aliphatic heterocycles. The Morgan fingerprint density at radius 3 is 2.43 bits per heavy atom. The Hall–Kier alpha value is -2.19. The Morgan fingerprint density at radius 1 is 0.967 bits per heavy atom. The van der Waals surface area contributed by atoms with Crippen molar-refractivity contribution in [2.45, 2.75) is 44.0 Å². The molecule has 8 heteroatoms. The number of pyridine rings is 1. The highest BCUT2D eigenvalue weighted by molar-refractivity contribution is 8.13. The van der Waals surface area contributed by atoms with Crippen LogP contribution in [0.3, 0.4) is 0 Å². The molecule has 30 heavy (non-hydrogen) atoms. The number of nitrogens with one attached hydrogen (secondary N) is 2. The molecule has 6 nitrogen and oxygen atoms in total. The standard InChI is InChI=1S/C22H27N3O3S.BrH/c1-2-13-23-20(26)17-24-22(28)18-10-4-5-11-19(18)29-21(27)12-6-9-16-25-14-7-3-8-15-25;/h3-5,7-8,10-11,14-15H,2,6,9,12-13,16-17H2,1H3,(H-,23,24,26,28);1H. The zero-order valence-electron chi connectivity index (χ0n) is 17.1. The summed E-state index contributed by atoms with van der Waals surface area (Å²) in [5.41, 5.74) is 0.411. The van der Waals surface area contributed by atoms with Crippen LogP contribution in [0.15, 0.2) is 59.8 Å². The normalized spacial score (nSPS) is 10.0. The minimum Gasteiger partial charge on any atom is -1.00 e. The summed E-state index contributed by atoms with van der Waals surface area (Å²) in [6.45, 7) is 3.34. The zero-order valence-corrected chi connectivity index (χ0v) is 19.5. The van der Waals surface area contributed by atoms with Crippen LogP contribution in [0.25, 0.3) is 0 Å². The van der Waals surface area contributed by atoms with Gasteiger partial charge in [-0.25, -0.2) is 4.57 Å². The van der Waals surface area contributed by atoms with E-state index in [-0.39, 0.29) is 40.5 Å². The van der Waals surface area contributed by atoms with Gasteiger partial charge in [-0.05, 0) is 25.0 Å². The number of amides is 2. The van der Waals surface area contributed by atoms with E-state index < -0.39 is 0 Å². The highest BCUT2D eigenvalue weighted by atomic mass is 79.9. The molecule has 2 N–H and O–H groups in total. The van der Waals surface area contributed by atoms with Crippen molar-refractivity contribution >= 4 is 28.7 Å². The Balaban J connectivity index is 0.00000450. The lowest BCUT2D eigenvalue weighted by Gasteiger charge is -2.09. The molecule has 0 saturated carbocycles. The molecule has 2 rings (SSSR count). The van der Waals surface area contributed by atoms with E-state index in [1.54, 1.807) is 24.3 Å². The van der Waals surface area contributed by atoms with Crippen LogP contribution < -0.4 is 32.2 Å². The number of carbonyl (C=O) groups excluding carboxylic acids is 3. The molecule has 0 aliphatic carbocycles. The van der Waals surface area contributed by atoms with Crippen LogP contribution >= 0.6 is 11.8 Å². The maximum Gasteiger partial charge on any atom is 0.252 e. The Morgan fingerprint density at radius 2 is 1.70 bits per heavy atom. The molecule has 0 saturated heterocycles. The smallest absolute Gasteiger partial charge is 0.252 e. The van der Waals surface area contributed by atoms with E-state index >= 15 is 0 Å². The molecule has 1 heterocycles. The molecule has 2 aromatic rings. The second-order valence-corrected chi connectivity index (χ2v) is 7.67. The van der Waals surface area contributed by atoms with Crippen LogP contribution in [0.2, 0.25) is 0 Å². The van der Waals surface area contributed by atoms with Gasteiger partial charge in [-0.15, -0.1) is 0 Å². The van der Waals surface area contributed by atoms with Gasteiger partial charge in [0.15, 0.2) is 17.5 Å². The number of carbonyl (C=O) groups is 3. The lowest BCUT2D eigenvalue weighted by molar-refractivity contribution is -0.697. The average Bonchev–Trinajstić information content (AvgIpc) is 2.74. The first kappa shape index (κ1) is 25.8. The maximum absolute atomic E-state index is 12.4. The molecule has 0 aliphatic rings. The third-order valence-electron chi connectivity index (χ3n) is 4.16. The summed E-state index contributed by atoms with van der Waals surface area (Å²) in [5.74, 6) is -0.578. The Labute approximate surface area is 192 Å². The highest BCUT2D eigenvalue weighted by Gasteiger charge is 2.15. The Kier molecular flexibility index (Phi) is 12.7. The molecule has 0 atom stereocenters. The van der Waals surface area contributed by atoms with Gasteiger partial charge in [0.2, 0.25) is 5.91 Å². The molecule has 1 aromatic carbocycles. The lowest BCUT2D eigenvalue weighted by Crippen LogP contribution is -3.00. The Bertz CT molecular complexity index is 818. The third-order valence-corrected chi connectivity index (χ3v) is 5.17. The first-order chi connectivity index (χ1) is 14.1. The van der Waals surface area contributed by atoms with Crippen LogP contribution in [-0.2, 0) is 16.1 Å². The number of aromatic nitrogens is 1. The summed E-state index contributed by atoms with van der Waals surface area (Å²) in [4.78, 5) is 37.0. The molecule has 2 amide bonds. The van der Waals surface area contributed by atoms with E-state index in [1.807, 2.05) is 37.5 Å². The largest absolute Gasteiger partial charge is 1.00 e. The van der Waals surface area contributed by atoms with E-state index in [4.69, 9.17) is 0 Å². The van der Waals surface area contributed by atoms with E-state index in [9.17, 15) is 14.4 Å². The summed E-state index contributed by atoms with van der Waals surface area (Å²) < 4.78 is 2.09. The molecule has 0 radical (unpaired) electrons. The van der Waals surface area contributed by atoms with E-state index in [0.717, 1.165) is 37.6 Å². The van der Waals surface area contributed by atoms with Crippen LogP contribution in [0, 0.1) is 0 Å². The SMILES string of the molecule is CCCNC(=O)CNC(=O)c1ccccc1SC(=O)CCCC[n+]1ccccc1.[Br-]. The topological polar surface area (TPSA) is 79.2 Å². The molecule has 0 bridgehead atoms. The van der Waals surface area contributed by atoms with Crippen molar-refractivity contribution in [2.24, 2.45) is 0 Å². The first-order valence-corrected chi connectivity index (χ1v) is 10.7. The lowest BCUT2D eigenvalue weighted by atomic mass is 10.2. The number of benzene rings is 1. The van der Waals surface area contributed by atoms with Gasteiger partial charge in [-0.3, -0.25) is 14.4 Å². The number of thioether (sulfide) groups is 1. The molecule has 0 unspecified atom stereocenters. The fourth-order valence-electron chi connectivity index (χ4n) is 2.65. The van der Waals surface area contributed by atoms with Crippen molar-refractivity contribution < 1.29 is 35.9 Å². The summed E-state index contributed by atoms with van der Waals surface area (Å²) in [6, 6.07) is 12.9. The predicted octanol–water partition coefficient (Wildman–Crippen LogP) is -0.277. The van der Waals surface area contributed by atoms with Gasteiger partial charge < -0.3 is 27.6 Å². The van der Waals surface area contributed by atoms with Crippen molar-refractivity contribution in [3.05, 3.63) is 60.4 Å². The molecular formula is C22H28BrN3O3S. The minimum absolute atomic E-state index is 0. The summed E-state index contributed by atoms with van der Waals surface area (Å²) in [6.07, 6.45) is 7.01. The van der Waals surface area contributed by atoms with Gasteiger partial charge in [-0.2, -0.15) is 0 Å². The number of nitrogens with zero attached hydrogens (tertiary/aromatic N) is 1. The third kappa shape index (κ3) is 9.54. The minimum atomic E-state index is -0.354. The summed E-state index contributed by atoms with van der Waals surface area (Å²) in [5, 5.41) is 5.36. The fourth-order valence-corrected chi connectivity index (χ4v) is 3.56. The zero-order chi connectivity index (χ0) is 20.9. The molecular weight excluding hydrogens is 466 g/mol. The van der Waals surface area contributed by atoms with Crippen molar-refractivity contribution in [2.75, 3.05) is 13.1 Å². The number of hydrogen-bond donors (Lipinski definition) is 2. The van der Waals surface area contributed by atoms with Gasteiger partial charge in [0.25, 0.3) is 5.91 Å². The van der Waals surface area contributed by atoms with Crippen molar-refractivity contribution in [1.82, 2.24) is 10.6 Å². The van der Waals surface area contributed by atoms with Crippen molar-refractivity contribution in [3.63, 3.8) is 0 Å². The van der Waals surface area contributed by atoms with E-state index in [0.29, 0.717) is 23.4 Å². The van der Waals surface area contributed by atoms with Crippen LogP contribution in [-0.4, -0.2) is 30.0 Å². The van der Waals surface area contributed by atoms with E-state index in [1.165, 1.54) is 0 Å². The highest BCUT2D eigenvalue weighted by Crippen LogP contribution is 2.25. The average molecular weight is 494 g/mol. The van der Waals surface area contributed by atoms with Gasteiger partial charge in [0.05, 0.1) is 12.1 Å². The maximum atomic E-state index is 12.4. The predicted molar refractivity (Wildman–Crippen MR) is 113 cm³/mol. The first-order valence-electron chi connectivity index (χ1n) is 9.89. The van der Waals surface area contributed by atoms with E-state index in [2.05, 4.69) is 15.2 Å². The summed E-state index contributed by atoms with van der Waals surface area (Å²) >= 11 is 1.09. The number of aryl methyl sites for hydroxylation is 1. The van der Waals surface area contributed by atoms with Crippen molar-refractivity contribution in [3.8, 4) is 0 Å². The van der Waals surface area contributed by atoms with Gasteiger partial charge in [-0.1, -0.05) is 36.9 Å². The number of rotatable bonds is 11. The second kappa shape index (κ2) is 14.7. The van der Waals surface area contributed by atoms with Crippen LogP contribution in [0.4, 0.5) is 0 Å². The monoisotopic (exact) mass is 493 g/mol. The number of halogens is 1. The van der Waals surface area contributed by atoms with Gasteiger partial charge in [0.1, 0.15) is 6.54 Å². The fraction of sp³-hybridized carbons (Fsp3) is 0.364. The quantitative estimate of drug-likeness (QED) is 0.256. The molecule has 162 valence electrons. The number of hydrogen-bond acceptors (Lipinski definition) is 4. The van der Waals surface area contributed by atoms with Crippen LogP contribution in [0.5, 0.6) is 0 Å². The second-order valence-electron chi connectivity index (χ2n) is 6.57. The summed E-state index contributed by atoms with van der Waals surface area (Å²) in [7, 11) is 0. The van der Waals surface area contributed by atoms with Crippen LogP contribution in [0.1, 0.15) is 43.0 Å². The van der Waals surface area contributed by atoms with Crippen molar-refractivity contribution in [1.29, 1.82) is 0 Å². The molecule has 0 spiro atoms. The molecule has 1 aromatic heterocycles. The van der Waals surface area contributed by atoms with Gasteiger partial charge in [0, 0.05) is 36.4 Å². The molecule has 0 fully saturated rings.